The van der Waals surface area contributed by atoms with Gasteiger partial charge < -0.3 is 10.6 Å². The standard InChI is InChI=1S/C16H17N5O/c1-3-17-16(22)19-12-6-4-11(5-7-12)13-8-9-18-15-14(13)10(2)20-21-15/h4-9H,3H2,1-2H3,(H2,17,19,22)(H,18,20,21). The normalized spacial score (nSPS) is 10.6. The quantitative estimate of drug-likeness (QED) is 0.694. The Morgan fingerprint density at radius 3 is 2.73 bits per heavy atom. The molecular weight excluding hydrogens is 278 g/mol. The third-order valence-electron chi connectivity index (χ3n) is 3.43. The first-order chi connectivity index (χ1) is 10.7. The van der Waals surface area contributed by atoms with E-state index in [1.807, 2.05) is 44.2 Å². The van der Waals surface area contributed by atoms with E-state index in [9.17, 15) is 4.79 Å². The summed E-state index contributed by atoms with van der Waals surface area (Å²) in [7, 11) is 0. The van der Waals surface area contributed by atoms with E-state index in [4.69, 9.17) is 0 Å². The number of nitrogens with one attached hydrogen (secondary N) is 3. The summed E-state index contributed by atoms with van der Waals surface area (Å²) in [6, 6.07) is 9.48. The fourth-order valence-electron chi connectivity index (χ4n) is 2.42. The van der Waals surface area contributed by atoms with E-state index in [1.54, 1.807) is 6.20 Å². The number of benzene rings is 1. The number of anilines is 1. The fraction of sp³-hybridized carbons (Fsp3) is 0.188. The average Bonchev–Trinajstić information content (AvgIpc) is 2.90. The van der Waals surface area contributed by atoms with Gasteiger partial charge in [-0.05, 0) is 43.2 Å². The van der Waals surface area contributed by atoms with Crippen molar-refractivity contribution in [3.63, 3.8) is 0 Å². The molecule has 2 aromatic heterocycles. The highest BCUT2D eigenvalue weighted by molar-refractivity contribution is 5.95. The molecule has 22 heavy (non-hydrogen) atoms. The summed E-state index contributed by atoms with van der Waals surface area (Å²) >= 11 is 0. The molecule has 0 atom stereocenters. The van der Waals surface area contributed by atoms with Crippen LogP contribution in [-0.2, 0) is 0 Å². The number of aromatic amines is 1. The van der Waals surface area contributed by atoms with Crippen LogP contribution in [0.5, 0.6) is 0 Å². The monoisotopic (exact) mass is 295 g/mol. The number of hydrogen-bond acceptors (Lipinski definition) is 3. The Kier molecular flexibility index (Phi) is 3.74. The molecule has 0 aliphatic rings. The lowest BCUT2D eigenvalue weighted by molar-refractivity contribution is 0.252. The zero-order valence-electron chi connectivity index (χ0n) is 12.5. The van der Waals surface area contributed by atoms with Gasteiger partial charge in [-0.1, -0.05) is 12.1 Å². The van der Waals surface area contributed by atoms with Crippen LogP contribution in [0.25, 0.3) is 22.2 Å². The van der Waals surface area contributed by atoms with Crippen LogP contribution in [0.15, 0.2) is 36.5 Å². The Bertz CT molecular complexity index is 807. The van der Waals surface area contributed by atoms with Gasteiger partial charge in [-0.3, -0.25) is 5.10 Å². The number of aromatic nitrogens is 3. The number of rotatable bonds is 3. The van der Waals surface area contributed by atoms with Gasteiger partial charge in [0.2, 0.25) is 0 Å². The van der Waals surface area contributed by atoms with Crippen molar-refractivity contribution in [3.8, 4) is 11.1 Å². The van der Waals surface area contributed by atoms with E-state index in [2.05, 4.69) is 25.8 Å². The van der Waals surface area contributed by atoms with Crippen molar-refractivity contribution in [2.45, 2.75) is 13.8 Å². The molecule has 2 amide bonds. The van der Waals surface area contributed by atoms with Gasteiger partial charge in [-0.25, -0.2) is 9.78 Å². The molecule has 0 bridgehead atoms. The van der Waals surface area contributed by atoms with Crippen LogP contribution in [-0.4, -0.2) is 27.8 Å². The average molecular weight is 295 g/mol. The lowest BCUT2D eigenvalue weighted by Gasteiger charge is -2.08. The van der Waals surface area contributed by atoms with Gasteiger partial charge in [0, 0.05) is 23.8 Å². The molecule has 3 N–H and O–H groups in total. The first-order valence-corrected chi connectivity index (χ1v) is 7.14. The van der Waals surface area contributed by atoms with Crippen molar-refractivity contribution in [1.29, 1.82) is 0 Å². The molecule has 2 heterocycles. The van der Waals surface area contributed by atoms with Gasteiger partial charge in [0.25, 0.3) is 0 Å². The van der Waals surface area contributed by atoms with Crippen molar-refractivity contribution in [2.24, 2.45) is 0 Å². The summed E-state index contributed by atoms with van der Waals surface area (Å²) < 4.78 is 0. The van der Waals surface area contributed by atoms with E-state index in [0.29, 0.717) is 6.54 Å². The van der Waals surface area contributed by atoms with Crippen molar-refractivity contribution in [2.75, 3.05) is 11.9 Å². The third kappa shape index (κ3) is 2.63. The van der Waals surface area contributed by atoms with E-state index in [-0.39, 0.29) is 6.03 Å². The summed E-state index contributed by atoms with van der Waals surface area (Å²) in [6.45, 7) is 4.43. The van der Waals surface area contributed by atoms with Gasteiger partial charge in [0.1, 0.15) is 0 Å². The van der Waals surface area contributed by atoms with E-state index in [0.717, 1.165) is 33.5 Å². The Balaban J connectivity index is 1.92. The molecule has 0 radical (unpaired) electrons. The molecule has 3 rings (SSSR count). The van der Waals surface area contributed by atoms with Crippen LogP contribution in [0.4, 0.5) is 10.5 Å². The molecule has 0 spiro atoms. The molecule has 3 aromatic rings. The second-order valence-electron chi connectivity index (χ2n) is 4.95. The van der Waals surface area contributed by atoms with Crippen molar-refractivity contribution in [1.82, 2.24) is 20.5 Å². The third-order valence-corrected chi connectivity index (χ3v) is 3.43. The number of amides is 2. The highest BCUT2D eigenvalue weighted by atomic mass is 16.2. The summed E-state index contributed by atoms with van der Waals surface area (Å²) in [5.74, 6) is 0. The topological polar surface area (TPSA) is 82.7 Å². The molecule has 0 fully saturated rings. The molecule has 1 aromatic carbocycles. The van der Waals surface area contributed by atoms with Crippen molar-refractivity contribution in [3.05, 3.63) is 42.2 Å². The maximum absolute atomic E-state index is 11.5. The van der Waals surface area contributed by atoms with E-state index < -0.39 is 0 Å². The van der Waals surface area contributed by atoms with Crippen LogP contribution in [0.2, 0.25) is 0 Å². The molecule has 0 unspecified atom stereocenters. The summed E-state index contributed by atoms with van der Waals surface area (Å²) in [5.41, 5.74) is 4.57. The zero-order chi connectivity index (χ0) is 15.5. The molecule has 0 aliphatic heterocycles. The molecule has 0 aliphatic carbocycles. The Hall–Kier alpha value is -2.89. The zero-order valence-corrected chi connectivity index (χ0v) is 12.5. The highest BCUT2D eigenvalue weighted by Gasteiger charge is 2.10. The number of carbonyl (C=O) groups is 1. The van der Waals surface area contributed by atoms with Crippen LogP contribution in [0, 0.1) is 6.92 Å². The fourth-order valence-corrected chi connectivity index (χ4v) is 2.42. The minimum Gasteiger partial charge on any atom is -0.338 e. The minimum absolute atomic E-state index is 0.202. The minimum atomic E-state index is -0.202. The molecule has 0 saturated carbocycles. The predicted octanol–water partition coefficient (Wildman–Crippen LogP) is 3.07. The van der Waals surface area contributed by atoms with Crippen molar-refractivity contribution >= 4 is 22.8 Å². The highest BCUT2D eigenvalue weighted by Crippen LogP contribution is 2.29. The smallest absolute Gasteiger partial charge is 0.319 e. The van der Waals surface area contributed by atoms with Gasteiger partial charge in [-0.2, -0.15) is 5.10 Å². The van der Waals surface area contributed by atoms with Crippen LogP contribution >= 0.6 is 0 Å². The molecule has 6 nitrogen and oxygen atoms in total. The first-order valence-electron chi connectivity index (χ1n) is 7.14. The lowest BCUT2D eigenvalue weighted by Crippen LogP contribution is -2.28. The van der Waals surface area contributed by atoms with Gasteiger partial charge in [-0.15, -0.1) is 0 Å². The van der Waals surface area contributed by atoms with Gasteiger partial charge in [0.05, 0.1) is 5.69 Å². The number of fused-ring (bicyclic) bond motifs is 1. The summed E-state index contributed by atoms with van der Waals surface area (Å²) in [6.07, 6.45) is 1.76. The number of H-pyrrole nitrogens is 1. The Morgan fingerprint density at radius 2 is 2.00 bits per heavy atom. The molecular formula is C16H17N5O. The number of pyridine rings is 1. The first kappa shape index (κ1) is 14.1. The van der Waals surface area contributed by atoms with Crippen molar-refractivity contribution < 1.29 is 4.79 Å². The number of hydrogen-bond donors (Lipinski definition) is 3. The lowest BCUT2D eigenvalue weighted by atomic mass is 10.0. The summed E-state index contributed by atoms with van der Waals surface area (Å²) in [4.78, 5) is 15.8. The van der Waals surface area contributed by atoms with E-state index in [1.165, 1.54) is 0 Å². The summed E-state index contributed by atoms with van der Waals surface area (Å²) in [5, 5.41) is 13.6. The predicted molar refractivity (Wildman–Crippen MR) is 86.8 cm³/mol. The van der Waals surface area contributed by atoms with Crippen LogP contribution < -0.4 is 10.6 Å². The number of aryl methyl sites for hydroxylation is 1. The van der Waals surface area contributed by atoms with Gasteiger partial charge >= 0.3 is 6.03 Å². The number of urea groups is 1. The van der Waals surface area contributed by atoms with Gasteiger partial charge in [0.15, 0.2) is 5.65 Å². The second kappa shape index (κ2) is 5.85. The molecule has 0 saturated heterocycles. The SMILES string of the molecule is CCNC(=O)Nc1ccc(-c2ccnc3[nH]nc(C)c23)cc1. The Morgan fingerprint density at radius 1 is 1.23 bits per heavy atom. The van der Waals surface area contributed by atoms with Crippen LogP contribution in [0.1, 0.15) is 12.6 Å². The molecule has 6 heteroatoms. The largest absolute Gasteiger partial charge is 0.338 e. The second-order valence-corrected chi connectivity index (χ2v) is 4.95. The van der Waals surface area contributed by atoms with Crippen LogP contribution in [0.3, 0.4) is 0 Å². The van der Waals surface area contributed by atoms with E-state index >= 15 is 0 Å². The maximum atomic E-state index is 11.5. The molecule has 112 valence electrons. The maximum Gasteiger partial charge on any atom is 0.319 e. The number of nitrogens with zero attached hydrogens (tertiary/aromatic N) is 2. The Labute approximate surface area is 128 Å². The number of carbonyl (C=O) groups excluding carboxylic acids is 1.